The molecule has 0 radical (unpaired) electrons. The van der Waals surface area contributed by atoms with E-state index >= 15 is 0 Å². The first-order valence-corrected chi connectivity index (χ1v) is 20.2. The molecule has 9 aromatic rings. The molecule has 58 heavy (non-hydrogen) atoms. The van der Waals surface area contributed by atoms with Crippen molar-refractivity contribution in [2.24, 2.45) is 0 Å². The highest BCUT2D eigenvalue weighted by molar-refractivity contribution is 6.25. The predicted molar refractivity (Wildman–Crippen MR) is 246 cm³/mol. The van der Waals surface area contributed by atoms with Crippen LogP contribution in [0.2, 0.25) is 0 Å². The zero-order valence-corrected chi connectivity index (χ0v) is 34.0. The first-order valence-electron chi connectivity index (χ1n) is 20.2. The second kappa shape index (κ2) is 14.1. The van der Waals surface area contributed by atoms with E-state index in [1.54, 1.807) is 0 Å². The molecule has 0 N–H and O–H groups in total. The molecule has 282 valence electrons. The number of aldehydes is 2. The van der Waals surface area contributed by atoms with Gasteiger partial charge >= 0.3 is 0 Å². The van der Waals surface area contributed by atoms with Crippen molar-refractivity contribution in [1.29, 1.82) is 0 Å². The average Bonchev–Trinajstić information content (AvgIpc) is 3.23. The summed E-state index contributed by atoms with van der Waals surface area (Å²) in [5, 5.41) is 8.49. The van der Waals surface area contributed by atoms with Gasteiger partial charge in [-0.1, -0.05) is 187 Å². The molecule has 0 bridgehead atoms. The fourth-order valence-electron chi connectivity index (χ4n) is 8.99. The van der Waals surface area contributed by atoms with Crippen LogP contribution in [-0.4, -0.2) is 12.6 Å². The third-order valence-corrected chi connectivity index (χ3v) is 12.0. The molecule has 0 spiro atoms. The highest BCUT2D eigenvalue weighted by Crippen LogP contribution is 2.48. The molecule has 2 nitrogen and oxygen atoms in total. The zero-order chi connectivity index (χ0) is 40.3. The molecule has 0 saturated heterocycles. The highest BCUT2D eigenvalue weighted by Gasteiger charge is 2.24. The number of hydrogen-bond donors (Lipinski definition) is 0. The van der Waals surface area contributed by atoms with Crippen LogP contribution in [0.4, 0.5) is 0 Å². The van der Waals surface area contributed by atoms with Crippen molar-refractivity contribution >= 4 is 55.7 Å². The van der Waals surface area contributed by atoms with Gasteiger partial charge < -0.3 is 0 Å². The van der Waals surface area contributed by atoms with E-state index in [-0.39, 0.29) is 10.8 Å². The molecule has 0 aliphatic rings. The lowest BCUT2D eigenvalue weighted by Crippen LogP contribution is -2.10. The van der Waals surface area contributed by atoms with E-state index in [1.165, 1.54) is 11.1 Å². The van der Waals surface area contributed by atoms with Gasteiger partial charge in [0.25, 0.3) is 0 Å². The Kier molecular flexibility index (Phi) is 8.97. The maximum absolute atomic E-state index is 13.4. The Bertz CT molecular complexity index is 2750. The number of carbonyl (C=O) groups excluding carboxylic acids is 2. The predicted octanol–water partition coefficient (Wildman–Crippen LogP) is 15.2. The Balaban J connectivity index is 1.31. The van der Waals surface area contributed by atoms with Crippen molar-refractivity contribution in [3.05, 3.63) is 180 Å². The largest absolute Gasteiger partial charge is 0.298 e. The summed E-state index contributed by atoms with van der Waals surface area (Å²) in [4.78, 5) is 26.9. The van der Waals surface area contributed by atoms with E-state index in [0.29, 0.717) is 11.1 Å². The average molecular weight is 751 g/mol. The second-order valence-electron chi connectivity index (χ2n) is 17.6. The summed E-state index contributed by atoms with van der Waals surface area (Å²) < 4.78 is 0. The Morgan fingerprint density at radius 3 is 0.793 bits per heavy atom. The van der Waals surface area contributed by atoms with Gasteiger partial charge in [-0.3, -0.25) is 9.59 Å². The Morgan fingerprint density at radius 1 is 0.328 bits per heavy atom. The molecule has 0 aliphatic heterocycles. The van der Waals surface area contributed by atoms with Gasteiger partial charge in [0.15, 0.2) is 12.6 Å². The number of carbonyl (C=O) groups is 2. The third kappa shape index (κ3) is 6.12. The summed E-state index contributed by atoms with van der Waals surface area (Å²) >= 11 is 0. The van der Waals surface area contributed by atoms with E-state index in [9.17, 15) is 9.59 Å². The smallest absolute Gasteiger partial charge is 0.150 e. The van der Waals surface area contributed by atoms with Gasteiger partial charge in [0.05, 0.1) is 0 Å². The maximum Gasteiger partial charge on any atom is 0.150 e. The Morgan fingerprint density at radius 2 is 0.569 bits per heavy atom. The molecule has 0 unspecified atom stereocenters. The summed E-state index contributed by atoms with van der Waals surface area (Å²) in [5.41, 5.74) is 11.7. The first-order chi connectivity index (χ1) is 28.0. The van der Waals surface area contributed by atoms with E-state index in [1.807, 2.05) is 12.1 Å². The van der Waals surface area contributed by atoms with Crippen molar-refractivity contribution in [2.75, 3.05) is 0 Å². The quantitative estimate of drug-likeness (QED) is 0.125. The lowest BCUT2D eigenvalue weighted by atomic mass is 9.81. The van der Waals surface area contributed by atoms with Crippen LogP contribution in [0.15, 0.2) is 158 Å². The molecule has 0 saturated carbocycles. The lowest BCUT2D eigenvalue weighted by Gasteiger charge is -2.22. The summed E-state index contributed by atoms with van der Waals surface area (Å²) in [6.07, 6.45) is 1.90. The van der Waals surface area contributed by atoms with E-state index in [2.05, 4.69) is 187 Å². The standard InChI is InChI=1S/C56H46O2/c1-55(2,3)39-27-23-35(24-28-39)51-41-15-7-11-19-45(41)53(46-20-12-8-16-42(46)51)49-31-38(34-58)50(32-37(49)33-57)54-47-21-13-9-17-43(47)52(44-18-10-14-22-48(44)54)36-25-29-40(30-26-36)56(4,5)6/h7-34H,1-6H3. The molecule has 9 aromatic carbocycles. The van der Waals surface area contributed by atoms with Crippen molar-refractivity contribution in [3.63, 3.8) is 0 Å². The van der Waals surface area contributed by atoms with Crippen LogP contribution in [0.3, 0.4) is 0 Å². The molecule has 0 aromatic heterocycles. The van der Waals surface area contributed by atoms with Gasteiger partial charge in [-0.05, 0) is 122 Å². The SMILES string of the molecule is CC(C)(C)c1ccc(-c2c3ccccc3c(-c3cc(C=O)c(-c4c5ccccc5c(-c5ccc(C(C)(C)C)cc5)c5ccccc45)cc3C=O)c3ccccc23)cc1. The highest BCUT2D eigenvalue weighted by atomic mass is 16.1. The fourth-order valence-corrected chi connectivity index (χ4v) is 8.99. The number of fused-ring (bicyclic) bond motifs is 4. The molecular weight excluding hydrogens is 705 g/mol. The van der Waals surface area contributed by atoms with Gasteiger partial charge in [0.1, 0.15) is 0 Å². The van der Waals surface area contributed by atoms with E-state index in [0.717, 1.165) is 100 Å². The number of rotatable bonds is 6. The minimum Gasteiger partial charge on any atom is -0.298 e. The van der Waals surface area contributed by atoms with Gasteiger partial charge in [-0.2, -0.15) is 0 Å². The topological polar surface area (TPSA) is 34.1 Å². The van der Waals surface area contributed by atoms with Crippen LogP contribution >= 0.6 is 0 Å². The van der Waals surface area contributed by atoms with Crippen molar-refractivity contribution in [2.45, 2.75) is 52.4 Å². The summed E-state index contributed by atoms with van der Waals surface area (Å²) in [6.45, 7) is 13.4. The molecule has 0 heterocycles. The molecule has 0 atom stereocenters. The maximum atomic E-state index is 13.4. The number of hydrogen-bond acceptors (Lipinski definition) is 2. The zero-order valence-electron chi connectivity index (χ0n) is 34.0. The van der Waals surface area contributed by atoms with Gasteiger partial charge in [-0.25, -0.2) is 0 Å². The monoisotopic (exact) mass is 750 g/mol. The van der Waals surface area contributed by atoms with Crippen LogP contribution in [-0.2, 0) is 10.8 Å². The molecule has 9 rings (SSSR count). The fraction of sp³-hybridized carbons (Fsp3) is 0.143. The molecule has 0 fully saturated rings. The van der Waals surface area contributed by atoms with Crippen molar-refractivity contribution < 1.29 is 9.59 Å². The normalized spacial score (nSPS) is 12.1. The molecule has 0 aliphatic carbocycles. The Labute approximate surface area is 340 Å². The summed E-state index contributed by atoms with van der Waals surface area (Å²) in [6, 6.07) is 55.5. The van der Waals surface area contributed by atoms with Crippen LogP contribution in [0.25, 0.3) is 87.6 Å². The number of benzene rings is 9. The summed E-state index contributed by atoms with van der Waals surface area (Å²) in [7, 11) is 0. The van der Waals surface area contributed by atoms with Crippen LogP contribution in [0.1, 0.15) is 73.4 Å². The molecule has 0 amide bonds. The first kappa shape index (κ1) is 37.0. The minimum absolute atomic E-state index is 0.0409. The van der Waals surface area contributed by atoms with Crippen molar-refractivity contribution in [3.8, 4) is 44.5 Å². The van der Waals surface area contributed by atoms with Gasteiger partial charge in [-0.15, -0.1) is 0 Å². The van der Waals surface area contributed by atoms with Gasteiger partial charge in [0.2, 0.25) is 0 Å². The van der Waals surface area contributed by atoms with E-state index in [4.69, 9.17) is 0 Å². The Hall–Kier alpha value is -6.64. The third-order valence-electron chi connectivity index (χ3n) is 12.0. The summed E-state index contributed by atoms with van der Waals surface area (Å²) in [5.74, 6) is 0. The minimum atomic E-state index is 0.0409. The molecular formula is C56H46O2. The van der Waals surface area contributed by atoms with Crippen LogP contribution < -0.4 is 0 Å². The van der Waals surface area contributed by atoms with Crippen LogP contribution in [0, 0.1) is 0 Å². The lowest BCUT2D eigenvalue weighted by molar-refractivity contribution is 0.111. The van der Waals surface area contributed by atoms with Crippen molar-refractivity contribution in [1.82, 2.24) is 0 Å². The van der Waals surface area contributed by atoms with Crippen LogP contribution in [0.5, 0.6) is 0 Å². The van der Waals surface area contributed by atoms with Gasteiger partial charge in [0, 0.05) is 11.1 Å². The molecule has 2 heteroatoms. The van der Waals surface area contributed by atoms with E-state index < -0.39 is 0 Å². The second-order valence-corrected chi connectivity index (χ2v) is 17.6.